The number of hydrogen-bond donors (Lipinski definition) is 1. The number of nitrogens with one attached hydrogen (secondary N) is 1. The first-order chi connectivity index (χ1) is 6.24. The van der Waals surface area contributed by atoms with Crippen LogP contribution in [0.4, 0.5) is 0 Å². The van der Waals surface area contributed by atoms with Crippen LogP contribution in [0.3, 0.4) is 0 Å². The first-order valence-corrected chi connectivity index (χ1v) is 4.36. The summed E-state index contributed by atoms with van der Waals surface area (Å²) in [5, 5.41) is 3.22. The molecular formula is C11H16N2. The van der Waals surface area contributed by atoms with Crippen molar-refractivity contribution in [1.29, 1.82) is 0 Å². The molecule has 2 heteroatoms. The lowest BCUT2D eigenvalue weighted by atomic mass is 10.3. The van der Waals surface area contributed by atoms with Gasteiger partial charge in [0.25, 0.3) is 0 Å². The smallest absolute Gasteiger partial charge is 0.0868 e. The maximum absolute atomic E-state index is 3.77. The molecule has 0 bridgehead atoms. The van der Waals surface area contributed by atoms with Crippen LogP contribution in [0.15, 0.2) is 48.4 Å². The zero-order valence-electron chi connectivity index (χ0n) is 8.25. The predicted octanol–water partition coefficient (Wildman–Crippen LogP) is 2.01. The van der Waals surface area contributed by atoms with Crippen molar-refractivity contribution in [2.24, 2.45) is 0 Å². The van der Waals surface area contributed by atoms with Gasteiger partial charge in [0.15, 0.2) is 0 Å². The van der Waals surface area contributed by atoms with E-state index in [0.717, 1.165) is 12.4 Å². The van der Waals surface area contributed by atoms with Crippen molar-refractivity contribution in [2.45, 2.75) is 6.92 Å². The summed E-state index contributed by atoms with van der Waals surface area (Å²) in [5.74, 6) is 0. The Morgan fingerprint density at radius 2 is 2.38 bits per heavy atom. The summed E-state index contributed by atoms with van der Waals surface area (Å²) in [7, 11) is 2.03. The highest BCUT2D eigenvalue weighted by molar-refractivity contribution is 5.26. The molecular weight excluding hydrogens is 160 g/mol. The van der Waals surface area contributed by atoms with Crippen molar-refractivity contribution in [2.75, 3.05) is 13.7 Å². The monoisotopic (exact) mass is 176 g/mol. The van der Waals surface area contributed by atoms with Crippen LogP contribution in [-0.4, -0.2) is 18.6 Å². The van der Waals surface area contributed by atoms with E-state index in [0.29, 0.717) is 0 Å². The normalized spacial score (nSPS) is 28.0. The summed E-state index contributed by atoms with van der Waals surface area (Å²) in [6.07, 6.45) is 10.0. The average Bonchev–Trinajstić information content (AvgIpc) is 2.18. The molecule has 1 N–H and O–H groups in total. The number of hydrogen-bond acceptors (Lipinski definition) is 2. The molecule has 0 atom stereocenters. The summed E-state index contributed by atoms with van der Waals surface area (Å²) in [6, 6.07) is 0. The largest absolute Gasteiger partial charge is 0.373 e. The summed E-state index contributed by atoms with van der Waals surface area (Å²) in [6.45, 7) is 6.64. The molecule has 13 heavy (non-hydrogen) atoms. The van der Waals surface area contributed by atoms with Crippen LogP contribution in [0.5, 0.6) is 0 Å². The Balaban J connectivity index is 2.85. The van der Waals surface area contributed by atoms with Crippen molar-refractivity contribution < 1.29 is 0 Å². The highest BCUT2D eigenvalue weighted by Gasteiger charge is 1.98. The summed E-state index contributed by atoms with van der Waals surface area (Å²) < 4.78 is 0. The van der Waals surface area contributed by atoms with E-state index in [4.69, 9.17) is 0 Å². The second kappa shape index (κ2) is 4.55. The minimum Gasteiger partial charge on any atom is -0.373 e. The zero-order chi connectivity index (χ0) is 9.68. The fraction of sp³-hybridized carbons (Fsp3) is 0.273. The second-order valence-electron chi connectivity index (χ2n) is 3.10. The van der Waals surface area contributed by atoms with Crippen molar-refractivity contribution in [1.82, 2.24) is 10.2 Å². The van der Waals surface area contributed by atoms with Gasteiger partial charge in [0.2, 0.25) is 0 Å². The van der Waals surface area contributed by atoms with Crippen molar-refractivity contribution in [3.05, 3.63) is 48.4 Å². The van der Waals surface area contributed by atoms with Gasteiger partial charge in [-0.15, -0.1) is 0 Å². The topological polar surface area (TPSA) is 15.3 Å². The molecule has 1 aliphatic rings. The van der Waals surface area contributed by atoms with E-state index in [1.54, 1.807) is 0 Å². The van der Waals surface area contributed by atoms with Gasteiger partial charge in [-0.25, -0.2) is 0 Å². The quantitative estimate of drug-likeness (QED) is 0.657. The van der Waals surface area contributed by atoms with E-state index < -0.39 is 0 Å². The maximum atomic E-state index is 3.77. The fourth-order valence-corrected chi connectivity index (χ4v) is 1.13. The van der Waals surface area contributed by atoms with Crippen molar-refractivity contribution in [3.63, 3.8) is 0 Å². The van der Waals surface area contributed by atoms with Crippen LogP contribution in [0.1, 0.15) is 6.92 Å². The summed E-state index contributed by atoms with van der Waals surface area (Å²) in [5.41, 5.74) is 2.34. The first kappa shape index (κ1) is 9.65. The minimum atomic E-state index is 0.802. The number of nitrogens with zero attached hydrogens (tertiary/aromatic N) is 1. The Hall–Kier alpha value is -1.44. The Morgan fingerprint density at radius 1 is 1.62 bits per heavy atom. The third-order valence-electron chi connectivity index (χ3n) is 1.93. The van der Waals surface area contributed by atoms with Crippen molar-refractivity contribution in [3.8, 4) is 0 Å². The van der Waals surface area contributed by atoms with E-state index >= 15 is 0 Å². The molecule has 0 aromatic carbocycles. The summed E-state index contributed by atoms with van der Waals surface area (Å²) in [4.78, 5) is 2.10. The molecule has 1 aliphatic heterocycles. The lowest BCUT2D eigenvalue weighted by molar-refractivity contribution is 0.413. The Bertz CT molecular complexity index is 272. The molecule has 0 aliphatic carbocycles. The minimum absolute atomic E-state index is 0.802. The summed E-state index contributed by atoms with van der Waals surface area (Å²) >= 11 is 0. The Morgan fingerprint density at radius 3 is 3.08 bits per heavy atom. The van der Waals surface area contributed by atoms with Crippen LogP contribution >= 0.6 is 0 Å². The van der Waals surface area contributed by atoms with Gasteiger partial charge in [-0.1, -0.05) is 18.7 Å². The van der Waals surface area contributed by atoms with Gasteiger partial charge in [0.1, 0.15) is 0 Å². The molecule has 0 fully saturated rings. The number of likely N-dealkylation sites (N-methyl/N-ethyl adjacent to an activating group) is 1. The molecule has 0 saturated heterocycles. The number of rotatable bonds is 1. The first-order valence-electron chi connectivity index (χ1n) is 4.36. The highest BCUT2D eigenvalue weighted by Crippen LogP contribution is 2.04. The fourth-order valence-electron chi connectivity index (χ4n) is 1.13. The molecule has 0 aromatic heterocycles. The molecule has 2 nitrogen and oxygen atoms in total. The lowest BCUT2D eigenvalue weighted by Gasteiger charge is -2.19. The molecule has 0 radical (unpaired) electrons. The van der Waals surface area contributed by atoms with Crippen LogP contribution in [-0.2, 0) is 0 Å². The van der Waals surface area contributed by atoms with Gasteiger partial charge >= 0.3 is 0 Å². The standard InChI is InChI=1S/C11H16N2/c1-4-11-7-5-6-10(2)8-12-9-13(11)3/h4-8,12H,1,9H2,2-3H3/b6-5-,10-8-,11-7+. The van der Waals surface area contributed by atoms with Gasteiger partial charge in [0.05, 0.1) is 6.67 Å². The van der Waals surface area contributed by atoms with Crippen LogP contribution in [0, 0.1) is 0 Å². The van der Waals surface area contributed by atoms with Gasteiger partial charge < -0.3 is 10.2 Å². The van der Waals surface area contributed by atoms with Gasteiger partial charge in [-0.3, -0.25) is 0 Å². The Labute approximate surface area is 79.9 Å². The van der Waals surface area contributed by atoms with Crippen LogP contribution in [0.25, 0.3) is 0 Å². The third-order valence-corrected chi connectivity index (χ3v) is 1.93. The third kappa shape index (κ3) is 2.82. The van der Waals surface area contributed by atoms with E-state index in [1.165, 1.54) is 5.57 Å². The number of allylic oxidation sites excluding steroid dienone is 5. The molecule has 1 heterocycles. The molecule has 0 saturated carbocycles. The van der Waals surface area contributed by atoms with E-state index in [1.807, 2.05) is 25.4 Å². The van der Waals surface area contributed by atoms with Crippen LogP contribution < -0.4 is 5.32 Å². The average molecular weight is 176 g/mol. The van der Waals surface area contributed by atoms with Gasteiger partial charge in [-0.2, -0.15) is 0 Å². The SMILES string of the molecule is C=C\C1=C/C=C\C(C)=C/NCN1C. The highest BCUT2D eigenvalue weighted by atomic mass is 15.2. The molecule has 0 spiro atoms. The molecule has 0 aromatic rings. The van der Waals surface area contributed by atoms with Crippen molar-refractivity contribution >= 4 is 0 Å². The Kier molecular flexibility index (Phi) is 3.38. The zero-order valence-corrected chi connectivity index (χ0v) is 8.25. The van der Waals surface area contributed by atoms with Crippen LogP contribution in [0.2, 0.25) is 0 Å². The van der Waals surface area contributed by atoms with Gasteiger partial charge in [0, 0.05) is 18.9 Å². The lowest BCUT2D eigenvalue weighted by Crippen LogP contribution is -2.26. The maximum Gasteiger partial charge on any atom is 0.0868 e. The molecule has 0 amide bonds. The molecule has 70 valence electrons. The van der Waals surface area contributed by atoms with E-state index in [2.05, 4.69) is 35.9 Å². The second-order valence-corrected chi connectivity index (χ2v) is 3.10. The molecule has 0 unspecified atom stereocenters. The van der Waals surface area contributed by atoms with Gasteiger partial charge in [-0.05, 0) is 24.6 Å². The van der Waals surface area contributed by atoms with E-state index in [9.17, 15) is 0 Å². The predicted molar refractivity (Wildman–Crippen MR) is 56.9 cm³/mol. The molecule has 1 rings (SSSR count). The van der Waals surface area contributed by atoms with E-state index in [-0.39, 0.29) is 0 Å².